The molecule has 0 aliphatic carbocycles. The molecule has 0 spiro atoms. The minimum Gasteiger partial charge on any atom is -0.343 e. The van der Waals surface area contributed by atoms with Crippen molar-refractivity contribution in [1.82, 2.24) is 0 Å². The summed E-state index contributed by atoms with van der Waals surface area (Å²) < 4.78 is 97.7. The summed E-state index contributed by atoms with van der Waals surface area (Å²) in [6.45, 7) is 1.24. The topological polar surface area (TPSA) is 236 Å². The lowest BCUT2D eigenvalue weighted by molar-refractivity contribution is -0.295. The molecule has 0 unspecified atom stereocenters. The van der Waals surface area contributed by atoms with Gasteiger partial charge in [-0.05, 0) is 13.8 Å². The molecular weight excluding hydrogens is 438 g/mol. The van der Waals surface area contributed by atoms with E-state index < -0.39 is 74.0 Å². The average molecular weight is 457 g/mol. The molecule has 0 saturated carbocycles. The molecule has 18 heteroatoms. The molecule has 2 rings (SSSR count). The number of hydrogen-bond donors (Lipinski definition) is 3. The van der Waals surface area contributed by atoms with Crippen LogP contribution in [0.3, 0.4) is 0 Å². The van der Waals surface area contributed by atoms with Crippen molar-refractivity contribution in [3.63, 3.8) is 0 Å². The van der Waals surface area contributed by atoms with E-state index in [2.05, 4.69) is 12.5 Å². The molecule has 2 heterocycles. The van der Waals surface area contributed by atoms with Crippen LogP contribution in [0.4, 0.5) is 0 Å². The first-order valence-electron chi connectivity index (χ1n) is 7.03. The van der Waals surface area contributed by atoms with Crippen molar-refractivity contribution in [2.24, 2.45) is 15.4 Å². The SMILES string of the molecule is CC1(C)O[C@H]2[C@H](OS(N)(=O)=O)[C@H](OS(N)(=O)=O)CO[C@@]2(COS(N)(=O)=O)O1. The summed E-state index contributed by atoms with van der Waals surface area (Å²) >= 11 is 0. The summed E-state index contributed by atoms with van der Waals surface area (Å²) in [6, 6.07) is 0. The fourth-order valence-electron chi connectivity index (χ4n) is 2.68. The van der Waals surface area contributed by atoms with Crippen LogP contribution < -0.4 is 15.4 Å². The number of rotatable bonds is 7. The fraction of sp³-hybridized carbons (Fsp3) is 1.00. The lowest BCUT2D eigenvalue weighted by atomic mass is 9.97. The van der Waals surface area contributed by atoms with Crippen LogP contribution >= 0.6 is 0 Å². The maximum Gasteiger partial charge on any atom is 0.333 e. The van der Waals surface area contributed by atoms with Crippen molar-refractivity contribution < 1.29 is 52.0 Å². The van der Waals surface area contributed by atoms with E-state index in [-0.39, 0.29) is 0 Å². The minimum atomic E-state index is -4.65. The second-order valence-corrected chi connectivity index (χ2v) is 9.68. The number of nitrogens with two attached hydrogens (primary N) is 3. The zero-order chi connectivity index (χ0) is 20.9. The van der Waals surface area contributed by atoms with Crippen LogP contribution in [0.2, 0.25) is 0 Å². The molecule has 2 fully saturated rings. The van der Waals surface area contributed by atoms with Gasteiger partial charge < -0.3 is 14.2 Å². The van der Waals surface area contributed by atoms with Gasteiger partial charge in [-0.3, -0.25) is 4.18 Å². The predicted molar refractivity (Wildman–Crippen MR) is 83.7 cm³/mol. The maximum absolute atomic E-state index is 11.4. The second-order valence-electron chi connectivity index (χ2n) is 6.10. The van der Waals surface area contributed by atoms with Gasteiger partial charge in [0.15, 0.2) is 5.79 Å². The van der Waals surface area contributed by atoms with Crippen molar-refractivity contribution in [3.8, 4) is 0 Å². The van der Waals surface area contributed by atoms with Gasteiger partial charge in [0.25, 0.3) is 0 Å². The molecule has 2 aliphatic heterocycles. The monoisotopic (exact) mass is 457 g/mol. The van der Waals surface area contributed by atoms with E-state index in [1.807, 2.05) is 0 Å². The van der Waals surface area contributed by atoms with Crippen LogP contribution in [0.5, 0.6) is 0 Å². The Morgan fingerprint density at radius 3 is 2.00 bits per heavy atom. The summed E-state index contributed by atoms with van der Waals surface area (Å²) in [7, 11) is -13.7. The molecule has 0 aromatic carbocycles. The van der Waals surface area contributed by atoms with Crippen LogP contribution in [0.25, 0.3) is 0 Å². The highest BCUT2D eigenvalue weighted by molar-refractivity contribution is 7.84. The van der Waals surface area contributed by atoms with Crippen LogP contribution in [0.1, 0.15) is 13.8 Å². The Balaban J connectivity index is 2.43. The van der Waals surface area contributed by atoms with Crippen molar-refractivity contribution in [2.45, 2.75) is 43.7 Å². The lowest BCUT2D eigenvalue weighted by Gasteiger charge is -2.42. The van der Waals surface area contributed by atoms with Gasteiger partial charge in [0.1, 0.15) is 24.9 Å². The van der Waals surface area contributed by atoms with Gasteiger partial charge in [-0.25, -0.2) is 23.8 Å². The van der Waals surface area contributed by atoms with Gasteiger partial charge in [-0.1, -0.05) is 0 Å². The van der Waals surface area contributed by atoms with Gasteiger partial charge in [0.05, 0.1) is 6.61 Å². The summed E-state index contributed by atoms with van der Waals surface area (Å²) in [6.07, 6.45) is -4.94. The summed E-state index contributed by atoms with van der Waals surface area (Å²) in [5, 5.41) is 14.4. The lowest BCUT2D eigenvalue weighted by Crippen LogP contribution is -2.63. The first-order chi connectivity index (χ1) is 11.9. The number of ether oxygens (including phenoxy) is 3. The Hall–Kier alpha value is -0.510. The van der Waals surface area contributed by atoms with Crippen molar-refractivity contribution in [1.29, 1.82) is 0 Å². The van der Waals surface area contributed by atoms with E-state index in [0.717, 1.165) is 0 Å². The first kappa shape index (κ1) is 22.8. The van der Waals surface area contributed by atoms with E-state index in [1.54, 1.807) is 0 Å². The molecule has 160 valence electrons. The number of fused-ring (bicyclic) bond motifs is 1. The van der Waals surface area contributed by atoms with E-state index in [4.69, 9.17) is 29.6 Å². The smallest absolute Gasteiger partial charge is 0.333 e. The van der Waals surface area contributed by atoms with Crippen LogP contribution in [0, 0.1) is 0 Å². The third-order valence-electron chi connectivity index (χ3n) is 3.35. The number of hydrogen-bond acceptors (Lipinski definition) is 12. The molecular formula is C9H19N3O12S3. The quantitative estimate of drug-likeness (QED) is 0.334. The van der Waals surface area contributed by atoms with E-state index in [1.165, 1.54) is 13.8 Å². The molecule has 0 aromatic heterocycles. The highest BCUT2D eigenvalue weighted by Gasteiger charge is 2.64. The van der Waals surface area contributed by atoms with E-state index in [0.29, 0.717) is 0 Å². The van der Waals surface area contributed by atoms with Gasteiger partial charge in [0, 0.05) is 0 Å². The Kier molecular flexibility index (Phi) is 5.97. The summed E-state index contributed by atoms with van der Waals surface area (Å²) in [5.41, 5.74) is 0. The maximum atomic E-state index is 11.4. The molecule has 0 amide bonds. The third-order valence-corrected chi connectivity index (χ3v) is 4.80. The van der Waals surface area contributed by atoms with Crippen LogP contribution in [-0.4, -0.2) is 68.4 Å². The molecule has 0 bridgehead atoms. The largest absolute Gasteiger partial charge is 0.343 e. The Labute approximate surface area is 155 Å². The van der Waals surface area contributed by atoms with Gasteiger partial charge in [0.2, 0.25) is 5.79 Å². The zero-order valence-electron chi connectivity index (χ0n) is 14.0. The van der Waals surface area contributed by atoms with E-state index >= 15 is 0 Å². The molecule has 0 radical (unpaired) electrons. The second kappa shape index (κ2) is 7.07. The minimum absolute atomic E-state index is 0.666. The zero-order valence-corrected chi connectivity index (χ0v) is 16.5. The van der Waals surface area contributed by atoms with Crippen molar-refractivity contribution in [2.75, 3.05) is 13.2 Å². The Bertz CT molecular complexity index is 884. The molecule has 0 aromatic rings. The van der Waals surface area contributed by atoms with Crippen molar-refractivity contribution >= 4 is 30.9 Å². The highest BCUT2D eigenvalue weighted by Crippen LogP contribution is 2.44. The van der Waals surface area contributed by atoms with Crippen LogP contribution in [0.15, 0.2) is 0 Å². The van der Waals surface area contributed by atoms with Gasteiger partial charge in [-0.15, -0.1) is 0 Å². The Morgan fingerprint density at radius 2 is 1.52 bits per heavy atom. The summed E-state index contributed by atoms with van der Waals surface area (Å²) in [5.74, 6) is -3.49. The average Bonchev–Trinajstić information content (AvgIpc) is 2.68. The molecule has 27 heavy (non-hydrogen) atoms. The third kappa shape index (κ3) is 6.24. The molecule has 2 saturated heterocycles. The first-order valence-corrected chi connectivity index (χ1v) is 11.4. The fourth-order valence-corrected chi connectivity index (χ4v) is 4.05. The van der Waals surface area contributed by atoms with E-state index in [9.17, 15) is 25.3 Å². The van der Waals surface area contributed by atoms with Crippen molar-refractivity contribution in [3.05, 3.63) is 0 Å². The summed E-state index contributed by atoms with van der Waals surface area (Å²) in [4.78, 5) is 0. The highest BCUT2D eigenvalue weighted by atomic mass is 32.2. The standard InChI is InChI=1S/C9H19N3O12S3/c1-8(2)21-7-6(23-27(12,17)18)5(22-26(11,15)16)3-19-9(7,24-8)4-20-25(10,13)14/h5-7H,3-4H2,1-2H3,(H2,10,13,14)(H2,11,15,16)(H2,12,17,18)/t5-,6-,7+,9+/m1/s1. The molecule has 6 N–H and O–H groups in total. The molecule has 2 aliphatic rings. The van der Waals surface area contributed by atoms with Crippen LogP contribution in [-0.2, 0) is 57.7 Å². The molecule has 15 nitrogen and oxygen atoms in total. The predicted octanol–water partition coefficient (Wildman–Crippen LogP) is -3.74. The Morgan fingerprint density at radius 1 is 0.963 bits per heavy atom. The molecule has 4 atom stereocenters. The van der Waals surface area contributed by atoms with Gasteiger partial charge >= 0.3 is 30.9 Å². The normalized spacial score (nSPS) is 34.3. The van der Waals surface area contributed by atoms with Gasteiger partial charge in [-0.2, -0.15) is 25.3 Å².